The van der Waals surface area contributed by atoms with Crippen LogP contribution < -0.4 is 28.4 Å². The first-order valence-electron chi connectivity index (χ1n) is 16.5. The lowest BCUT2D eigenvalue weighted by Crippen LogP contribution is -2.45. The lowest BCUT2D eigenvalue weighted by molar-refractivity contribution is -0.0858. The molecule has 7 heteroatoms. The van der Waals surface area contributed by atoms with Crippen LogP contribution in [-0.4, -0.2) is 42.7 Å². The van der Waals surface area contributed by atoms with Gasteiger partial charge in [-0.25, -0.2) is 0 Å². The summed E-state index contributed by atoms with van der Waals surface area (Å²) in [6.07, 6.45) is 0. The second kappa shape index (κ2) is 15.3. The van der Waals surface area contributed by atoms with Gasteiger partial charge in [0.15, 0.2) is 11.2 Å². The molecule has 0 amide bonds. The van der Waals surface area contributed by atoms with E-state index in [1.807, 2.05) is 146 Å². The summed E-state index contributed by atoms with van der Waals surface area (Å²) >= 11 is 0. The van der Waals surface area contributed by atoms with Crippen LogP contribution >= 0.6 is 0 Å². The van der Waals surface area contributed by atoms with Crippen molar-refractivity contribution in [1.82, 2.24) is 0 Å². The van der Waals surface area contributed by atoms with Crippen molar-refractivity contribution in [3.63, 3.8) is 0 Å². The molecule has 6 aromatic carbocycles. The lowest BCUT2D eigenvalue weighted by Gasteiger charge is -2.47. The number of ether oxygens (including phenoxy) is 7. The molecule has 0 atom stereocenters. The molecule has 0 saturated heterocycles. The van der Waals surface area contributed by atoms with Crippen molar-refractivity contribution >= 4 is 0 Å². The molecule has 0 heterocycles. The van der Waals surface area contributed by atoms with Crippen LogP contribution in [0.1, 0.15) is 33.4 Å². The molecule has 0 aromatic heterocycles. The second-order valence-corrected chi connectivity index (χ2v) is 11.7. The number of methoxy groups -OCH3 is 6. The van der Waals surface area contributed by atoms with Gasteiger partial charge in [0.25, 0.3) is 0 Å². The largest absolute Gasteiger partial charge is 0.496 e. The Kier molecular flexibility index (Phi) is 10.5. The Balaban J connectivity index is 1.94. The highest BCUT2D eigenvalue weighted by Gasteiger charge is 2.54. The number of rotatable bonds is 14. The summed E-state index contributed by atoms with van der Waals surface area (Å²) in [4.78, 5) is 0. The van der Waals surface area contributed by atoms with E-state index >= 15 is 0 Å². The third-order valence-corrected chi connectivity index (χ3v) is 9.22. The first kappa shape index (κ1) is 34.9. The van der Waals surface area contributed by atoms with Gasteiger partial charge < -0.3 is 33.2 Å². The molecule has 51 heavy (non-hydrogen) atoms. The number of hydrogen-bond acceptors (Lipinski definition) is 7. The van der Waals surface area contributed by atoms with Crippen molar-refractivity contribution in [2.24, 2.45) is 0 Å². The van der Waals surface area contributed by atoms with E-state index in [2.05, 4.69) is 0 Å². The standard InChI is InChI=1S/C44H42O7/c1-45-37-25-13-7-19-31(37)43(32-20-8-14-26-38(32)46-2,33-21-9-15-27-39(33)47-3)51-44(34-22-10-16-28-40(34)48-4,35-23-11-17-29-41(35)49-5)36-24-12-18-30-42(36)50-6/h7-30H,1-6H3. The van der Waals surface area contributed by atoms with Crippen LogP contribution in [0, 0.1) is 0 Å². The molecule has 7 nitrogen and oxygen atoms in total. The van der Waals surface area contributed by atoms with Gasteiger partial charge in [-0.3, -0.25) is 0 Å². The molecule has 0 saturated carbocycles. The maximum absolute atomic E-state index is 8.32. The molecule has 6 rings (SSSR count). The molecule has 6 aromatic rings. The second-order valence-electron chi connectivity index (χ2n) is 11.7. The maximum atomic E-state index is 8.32. The normalized spacial score (nSPS) is 11.4. The highest BCUT2D eigenvalue weighted by atomic mass is 16.5. The minimum atomic E-state index is -1.52. The summed E-state index contributed by atoms with van der Waals surface area (Å²) in [5, 5.41) is 0. The van der Waals surface area contributed by atoms with Crippen LogP contribution in [0.15, 0.2) is 146 Å². The van der Waals surface area contributed by atoms with Crippen LogP contribution in [-0.2, 0) is 15.9 Å². The fourth-order valence-electron chi connectivity index (χ4n) is 7.04. The predicted octanol–water partition coefficient (Wildman–Crippen LogP) is 9.04. The van der Waals surface area contributed by atoms with E-state index in [1.165, 1.54) is 0 Å². The van der Waals surface area contributed by atoms with Gasteiger partial charge >= 0.3 is 0 Å². The fourth-order valence-corrected chi connectivity index (χ4v) is 7.04. The highest BCUT2D eigenvalue weighted by molar-refractivity contribution is 5.64. The molecule has 0 radical (unpaired) electrons. The third-order valence-electron chi connectivity index (χ3n) is 9.22. The van der Waals surface area contributed by atoms with E-state index in [-0.39, 0.29) is 0 Å². The van der Waals surface area contributed by atoms with Gasteiger partial charge in [0.05, 0.1) is 42.7 Å². The predicted molar refractivity (Wildman–Crippen MR) is 199 cm³/mol. The van der Waals surface area contributed by atoms with Gasteiger partial charge in [0, 0.05) is 33.4 Å². The molecular formula is C44H42O7. The van der Waals surface area contributed by atoms with E-state index in [0.717, 1.165) is 0 Å². The van der Waals surface area contributed by atoms with Crippen molar-refractivity contribution in [2.75, 3.05) is 42.7 Å². The summed E-state index contributed by atoms with van der Waals surface area (Å²) < 4.78 is 45.3. The van der Waals surface area contributed by atoms with Crippen molar-refractivity contribution in [2.45, 2.75) is 11.2 Å². The lowest BCUT2D eigenvalue weighted by atomic mass is 9.74. The third kappa shape index (κ3) is 6.00. The van der Waals surface area contributed by atoms with Gasteiger partial charge in [-0.2, -0.15) is 0 Å². The Morgan fingerprint density at radius 3 is 0.569 bits per heavy atom. The Morgan fingerprint density at radius 2 is 0.412 bits per heavy atom. The first-order valence-corrected chi connectivity index (χ1v) is 16.5. The van der Waals surface area contributed by atoms with Crippen molar-refractivity contribution in [3.8, 4) is 34.5 Å². The maximum Gasteiger partial charge on any atom is 0.156 e. The highest BCUT2D eigenvalue weighted by Crippen LogP contribution is 2.59. The smallest absolute Gasteiger partial charge is 0.156 e. The van der Waals surface area contributed by atoms with Gasteiger partial charge in [-0.1, -0.05) is 109 Å². The van der Waals surface area contributed by atoms with E-state index in [1.54, 1.807) is 42.7 Å². The number of hydrogen-bond donors (Lipinski definition) is 0. The van der Waals surface area contributed by atoms with Crippen LogP contribution in [0.25, 0.3) is 0 Å². The average Bonchev–Trinajstić information content (AvgIpc) is 3.21. The zero-order valence-electron chi connectivity index (χ0n) is 29.7. The van der Waals surface area contributed by atoms with Crippen molar-refractivity contribution in [1.29, 1.82) is 0 Å². The van der Waals surface area contributed by atoms with E-state index in [4.69, 9.17) is 33.2 Å². The fraction of sp³-hybridized carbons (Fsp3) is 0.182. The minimum absolute atomic E-state index is 0.586. The zero-order valence-corrected chi connectivity index (χ0v) is 29.7. The van der Waals surface area contributed by atoms with E-state index in [0.29, 0.717) is 67.9 Å². The topological polar surface area (TPSA) is 64.6 Å². The monoisotopic (exact) mass is 682 g/mol. The van der Waals surface area contributed by atoms with Crippen LogP contribution in [0.3, 0.4) is 0 Å². The molecule has 260 valence electrons. The first-order chi connectivity index (χ1) is 25.0. The summed E-state index contributed by atoms with van der Waals surface area (Å²) in [5.74, 6) is 3.52. The summed E-state index contributed by atoms with van der Waals surface area (Å²) in [6, 6.07) is 47.0. The number of para-hydroxylation sites is 6. The van der Waals surface area contributed by atoms with Crippen molar-refractivity contribution in [3.05, 3.63) is 179 Å². The van der Waals surface area contributed by atoms with E-state index in [9.17, 15) is 0 Å². The summed E-state index contributed by atoms with van der Waals surface area (Å²) in [7, 11) is 9.93. The SMILES string of the molecule is COc1ccccc1C(OC(c1ccccc1OC)(c1ccccc1OC)c1ccccc1OC)(c1ccccc1OC)c1ccccc1OC. The molecule has 0 N–H and O–H groups in total. The Bertz CT molecular complexity index is 1710. The molecule has 0 spiro atoms. The van der Waals surface area contributed by atoms with E-state index < -0.39 is 11.2 Å². The van der Waals surface area contributed by atoms with Gasteiger partial charge in [-0.15, -0.1) is 0 Å². The summed E-state index contributed by atoms with van der Waals surface area (Å²) in [6.45, 7) is 0. The number of benzene rings is 6. The van der Waals surface area contributed by atoms with Crippen molar-refractivity contribution < 1.29 is 33.2 Å². The molecule has 0 unspecified atom stereocenters. The molecule has 0 aliphatic carbocycles. The van der Waals surface area contributed by atoms with Crippen LogP contribution in [0.2, 0.25) is 0 Å². The molecule has 0 bridgehead atoms. The Labute approximate surface area is 299 Å². The molecule has 0 aliphatic heterocycles. The Morgan fingerprint density at radius 1 is 0.255 bits per heavy atom. The zero-order chi connectivity index (χ0) is 35.8. The minimum Gasteiger partial charge on any atom is -0.496 e. The van der Waals surface area contributed by atoms with Crippen LogP contribution in [0.4, 0.5) is 0 Å². The quantitative estimate of drug-likeness (QED) is 0.106. The molecule has 0 aliphatic rings. The van der Waals surface area contributed by atoms with Crippen LogP contribution in [0.5, 0.6) is 34.5 Å². The summed E-state index contributed by atoms with van der Waals surface area (Å²) in [5.41, 5.74) is 1.16. The average molecular weight is 683 g/mol. The van der Waals surface area contributed by atoms with Gasteiger partial charge in [0.1, 0.15) is 34.5 Å². The molecule has 0 fully saturated rings. The van der Waals surface area contributed by atoms with Gasteiger partial charge in [0.2, 0.25) is 0 Å². The van der Waals surface area contributed by atoms with Gasteiger partial charge in [-0.05, 0) is 36.4 Å². The Hall–Kier alpha value is -5.92. The molecular weight excluding hydrogens is 640 g/mol.